The molecule has 0 unspecified atom stereocenters. The van der Waals surface area contributed by atoms with Gasteiger partial charge in [0.2, 0.25) is 0 Å². The van der Waals surface area contributed by atoms with Gasteiger partial charge in [0.05, 0.1) is 10.7 Å². The average molecular weight is 496 g/mol. The number of hydrogen-bond donors (Lipinski definition) is 1. The zero-order chi connectivity index (χ0) is 23.8. The monoisotopic (exact) mass is 495 g/mol. The summed E-state index contributed by atoms with van der Waals surface area (Å²) >= 11 is 6.08. The zero-order valence-corrected chi connectivity index (χ0v) is 20.6. The van der Waals surface area contributed by atoms with Crippen LogP contribution in [0.15, 0.2) is 30.7 Å². The molecule has 35 heavy (non-hydrogen) atoms. The molecule has 3 aliphatic rings. The second kappa shape index (κ2) is 9.74. The van der Waals surface area contributed by atoms with Crippen LogP contribution in [0.1, 0.15) is 43.0 Å². The van der Waals surface area contributed by atoms with Crippen LogP contribution in [0.25, 0.3) is 11.3 Å². The number of hydrogen-bond acceptors (Lipinski definition) is 6. The van der Waals surface area contributed by atoms with Crippen LogP contribution in [0.5, 0.6) is 0 Å². The van der Waals surface area contributed by atoms with Gasteiger partial charge in [0.25, 0.3) is 0 Å². The fourth-order valence-electron chi connectivity index (χ4n) is 5.46. The van der Waals surface area contributed by atoms with Crippen LogP contribution in [0.4, 0.5) is 16.0 Å². The van der Waals surface area contributed by atoms with E-state index in [2.05, 4.69) is 35.8 Å². The number of benzene rings is 1. The molecule has 0 aliphatic carbocycles. The Morgan fingerprint density at radius 1 is 1.06 bits per heavy atom. The fraction of sp³-hybridized carbons (Fsp3) is 0.500. The van der Waals surface area contributed by atoms with Gasteiger partial charge in [0.1, 0.15) is 29.6 Å². The van der Waals surface area contributed by atoms with Gasteiger partial charge in [-0.05, 0) is 63.4 Å². The molecule has 0 radical (unpaired) electrons. The summed E-state index contributed by atoms with van der Waals surface area (Å²) in [7, 11) is 0. The number of halogens is 2. The van der Waals surface area contributed by atoms with E-state index in [1.807, 2.05) is 0 Å². The molecular formula is C26H31ClFN7. The van der Waals surface area contributed by atoms with Crippen LogP contribution in [-0.4, -0.2) is 63.7 Å². The first-order valence-electron chi connectivity index (χ1n) is 12.7. The summed E-state index contributed by atoms with van der Waals surface area (Å²) in [5.74, 6) is 3.19. The summed E-state index contributed by atoms with van der Waals surface area (Å²) in [6.07, 6.45) is 9.29. The SMILES string of the molecule is Fc1ccc(-c2cn(CCN3CCC3)c(C3CCN(c4ncnc5c4CCCN5)CC3)n2)cc1Cl. The third-order valence-corrected chi connectivity index (χ3v) is 7.90. The van der Waals surface area contributed by atoms with Crippen molar-refractivity contribution < 1.29 is 4.39 Å². The summed E-state index contributed by atoms with van der Waals surface area (Å²) in [4.78, 5) is 19.1. The van der Waals surface area contributed by atoms with E-state index < -0.39 is 5.82 Å². The van der Waals surface area contributed by atoms with Crippen LogP contribution in [0.3, 0.4) is 0 Å². The number of imidazole rings is 1. The third kappa shape index (κ3) is 4.61. The highest BCUT2D eigenvalue weighted by molar-refractivity contribution is 6.31. The largest absolute Gasteiger partial charge is 0.370 e. The third-order valence-electron chi connectivity index (χ3n) is 7.61. The summed E-state index contributed by atoms with van der Waals surface area (Å²) in [5, 5.41) is 3.55. The van der Waals surface area contributed by atoms with Gasteiger partial charge in [0.15, 0.2) is 0 Å². The Morgan fingerprint density at radius 3 is 2.69 bits per heavy atom. The summed E-state index contributed by atoms with van der Waals surface area (Å²) in [5.41, 5.74) is 2.98. The number of nitrogens with zero attached hydrogens (tertiary/aromatic N) is 6. The van der Waals surface area contributed by atoms with Crippen LogP contribution < -0.4 is 10.2 Å². The van der Waals surface area contributed by atoms with E-state index in [1.165, 1.54) is 31.1 Å². The maximum absolute atomic E-state index is 13.7. The molecule has 2 fully saturated rings. The summed E-state index contributed by atoms with van der Waals surface area (Å²) in [6.45, 7) is 7.19. The smallest absolute Gasteiger partial charge is 0.141 e. The normalized spacial score (nSPS) is 18.7. The van der Waals surface area contributed by atoms with Crippen molar-refractivity contribution in [3.8, 4) is 11.3 Å². The molecule has 3 aromatic rings. The Morgan fingerprint density at radius 2 is 1.91 bits per heavy atom. The Hall–Kier alpha value is -2.71. The van der Waals surface area contributed by atoms with Crippen LogP contribution in [0.2, 0.25) is 5.02 Å². The van der Waals surface area contributed by atoms with E-state index in [1.54, 1.807) is 18.5 Å². The lowest BCUT2D eigenvalue weighted by molar-refractivity contribution is 0.173. The van der Waals surface area contributed by atoms with Crippen LogP contribution in [0, 0.1) is 5.82 Å². The summed E-state index contributed by atoms with van der Waals surface area (Å²) < 4.78 is 16.1. The average Bonchev–Trinajstić information content (AvgIpc) is 3.29. The first-order valence-corrected chi connectivity index (χ1v) is 13.1. The molecule has 1 aromatic carbocycles. The molecule has 0 amide bonds. The molecule has 0 spiro atoms. The van der Waals surface area contributed by atoms with Gasteiger partial charge in [-0.15, -0.1) is 0 Å². The highest BCUT2D eigenvalue weighted by Crippen LogP contribution is 2.35. The molecule has 5 heterocycles. The van der Waals surface area contributed by atoms with E-state index in [9.17, 15) is 4.39 Å². The number of aromatic nitrogens is 4. The number of rotatable bonds is 6. The Balaban J connectivity index is 1.22. The highest BCUT2D eigenvalue weighted by Gasteiger charge is 2.28. The number of likely N-dealkylation sites (tertiary alicyclic amines) is 1. The van der Waals surface area contributed by atoms with E-state index in [0.29, 0.717) is 5.92 Å². The van der Waals surface area contributed by atoms with Crippen molar-refractivity contribution >= 4 is 23.2 Å². The molecule has 0 bridgehead atoms. The van der Waals surface area contributed by atoms with Crippen LogP contribution >= 0.6 is 11.6 Å². The fourth-order valence-corrected chi connectivity index (χ4v) is 5.64. The van der Waals surface area contributed by atoms with Gasteiger partial charge in [-0.25, -0.2) is 19.3 Å². The molecule has 7 nitrogen and oxygen atoms in total. The molecule has 2 saturated heterocycles. The van der Waals surface area contributed by atoms with Crippen LogP contribution in [-0.2, 0) is 13.0 Å². The van der Waals surface area contributed by atoms with Crippen molar-refractivity contribution in [1.29, 1.82) is 0 Å². The minimum Gasteiger partial charge on any atom is -0.370 e. The van der Waals surface area contributed by atoms with Gasteiger partial charge in [0, 0.05) is 56.0 Å². The van der Waals surface area contributed by atoms with Gasteiger partial charge in [-0.2, -0.15) is 0 Å². The van der Waals surface area contributed by atoms with Crippen molar-refractivity contribution in [2.24, 2.45) is 0 Å². The lowest BCUT2D eigenvalue weighted by atomic mass is 9.95. The van der Waals surface area contributed by atoms with Gasteiger partial charge in [-0.3, -0.25) is 0 Å². The van der Waals surface area contributed by atoms with Crippen molar-refractivity contribution in [3.63, 3.8) is 0 Å². The zero-order valence-electron chi connectivity index (χ0n) is 19.9. The maximum Gasteiger partial charge on any atom is 0.141 e. The first-order chi connectivity index (χ1) is 17.2. The van der Waals surface area contributed by atoms with E-state index in [4.69, 9.17) is 16.6 Å². The van der Waals surface area contributed by atoms with Crippen molar-refractivity contribution in [2.45, 2.75) is 44.6 Å². The first kappa shape index (κ1) is 22.7. The minimum atomic E-state index is -0.401. The Labute approximate surface area is 210 Å². The molecule has 0 atom stereocenters. The number of anilines is 2. The molecule has 2 aromatic heterocycles. The van der Waals surface area contributed by atoms with Gasteiger partial charge < -0.3 is 19.7 Å². The van der Waals surface area contributed by atoms with E-state index >= 15 is 0 Å². The van der Waals surface area contributed by atoms with E-state index in [-0.39, 0.29) is 5.02 Å². The summed E-state index contributed by atoms with van der Waals surface area (Å²) in [6, 6.07) is 4.87. The maximum atomic E-state index is 13.7. The topological polar surface area (TPSA) is 62.1 Å². The quantitative estimate of drug-likeness (QED) is 0.540. The van der Waals surface area contributed by atoms with Crippen molar-refractivity contribution in [1.82, 2.24) is 24.4 Å². The van der Waals surface area contributed by atoms with Crippen molar-refractivity contribution in [2.75, 3.05) is 49.5 Å². The predicted molar refractivity (Wildman–Crippen MR) is 137 cm³/mol. The Kier molecular flexibility index (Phi) is 6.33. The second-order valence-electron chi connectivity index (χ2n) is 9.82. The van der Waals surface area contributed by atoms with E-state index in [0.717, 1.165) is 87.1 Å². The molecule has 0 saturated carbocycles. The Bertz CT molecular complexity index is 1200. The molecule has 6 rings (SSSR count). The lowest BCUT2D eigenvalue weighted by Gasteiger charge is -2.35. The predicted octanol–water partition coefficient (Wildman–Crippen LogP) is 4.58. The number of piperidine rings is 1. The number of fused-ring (bicyclic) bond motifs is 1. The highest BCUT2D eigenvalue weighted by atomic mass is 35.5. The molecular weight excluding hydrogens is 465 g/mol. The standard InChI is InChI=1S/C26H31ClFN7/c27-21-15-19(4-5-22(21)28)23-16-35(14-13-33-9-2-10-33)25(32-23)18-6-11-34(12-7-18)26-20-3-1-8-29-24(20)30-17-31-26/h4-5,15-18H,1-3,6-14H2,(H,29,30,31). The lowest BCUT2D eigenvalue weighted by Crippen LogP contribution is -2.39. The van der Waals surface area contributed by atoms with Gasteiger partial charge >= 0.3 is 0 Å². The van der Waals surface area contributed by atoms with Crippen molar-refractivity contribution in [3.05, 3.63) is 53.0 Å². The molecule has 9 heteroatoms. The molecule has 1 N–H and O–H groups in total. The molecule has 3 aliphatic heterocycles. The number of nitrogens with one attached hydrogen (secondary N) is 1. The second-order valence-corrected chi connectivity index (χ2v) is 10.2. The minimum absolute atomic E-state index is 0.134. The molecule has 184 valence electrons. The van der Waals surface area contributed by atoms with Gasteiger partial charge in [-0.1, -0.05) is 11.6 Å².